The van der Waals surface area contributed by atoms with Gasteiger partial charge in [-0.05, 0) is 25.3 Å². The van der Waals surface area contributed by atoms with Crippen LogP contribution in [0.1, 0.15) is 37.7 Å². The van der Waals surface area contributed by atoms with Crippen molar-refractivity contribution in [2.24, 2.45) is 0 Å². The van der Waals surface area contributed by atoms with Gasteiger partial charge in [-0.2, -0.15) is 0 Å². The molecule has 1 saturated heterocycles. The zero-order valence-electron chi connectivity index (χ0n) is 16.2. The molecule has 4 rings (SSSR count). The van der Waals surface area contributed by atoms with Crippen LogP contribution in [0.25, 0.3) is 0 Å². The lowest BCUT2D eigenvalue weighted by atomic mass is 9.79. The highest BCUT2D eigenvalue weighted by molar-refractivity contribution is 5.87. The first-order chi connectivity index (χ1) is 13.2. The van der Waals surface area contributed by atoms with E-state index in [0.29, 0.717) is 6.61 Å². The SMILES string of the molecule is COc1cccc2c1OCC(NC(=O)C1(N3CCOCC3)CCCCC1)C2. The molecule has 0 spiro atoms. The predicted octanol–water partition coefficient (Wildman–Crippen LogP) is 2.15. The molecule has 0 aromatic heterocycles. The molecule has 27 heavy (non-hydrogen) atoms. The maximum atomic E-state index is 13.4. The van der Waals surface area contributed by atoms with E-state index in [1.165, 1.54) is 6.42 Å². The molecule has 1 aromatic carbocycles. The van der Waals surface area contributed by atoms with Gasteiger partial charge in [-0.15, -0.1) is 0 Å². The zero-order chi connectivity index (χ0) is 18.7. The number of hydrogen-bond acceptors (Lipinski definition) is 5. The summed E-state index contributed by atoms with van der Waals surface area (Å²) in [6.45, 7) is 3.60. The average molecular weight is 374 g/mol. The normalized spacial score (nSPS) is 25.1. The van der Waals surface area contributed by atoms with Crippen LogP contribution in [-0.4, -0.2) is 62.4 Å². The number of hydrogen-bond donors (Lipinski definition) is 1. The Kier molecular flexibility index (Phi) is 5.55. The zero-order valence-corrected chi connectivity index (χ0v) is 16.2. The quantitative estimate of drug-likeness (QED) is 0.875. The van der Waals surface area contributed by atoms with Crippen LogP contribution in [-0.2, 0) is 16.0 Å². The number of carbonyl (C=O) groups excluding carboxylic acids is 1. The lowest BCUT2D eigenvalue weighted by Crippen LogP contribution is -2.64. The number of nitrogens with zero attached hydrogens (tertiary/aromatic N) is 1. The van der Waals surface area contributed by atoms with E-state index in [0.717, 1.165) is 75.5 Å². The summed E-state index contributed by atoms with van der Waals surface area (Å²) in [4.78, 5) is 15.8. The Bertz CT molecular complexity index is 666. The van der Waals surface area contributed by atoms with E-state index in [4.69, 9.17) is 14.2 Å². The number of methoxy groups -OCH3 is 1. The number of fused-ring (bicyclic) bond motifs is 1. The second kappa shape index (κ2) is 8.07. The number of ether oxygens (including phenoxy) is 3. The van der Waals surface area contributed by atoms with Crippen molar-refractivity contribution in [3.05, 3.63) is 23.8 Å². The topological polar surface area (TPSA) is 60.0 Å². The van der Waals surface area contributed by atoms with Crippen molar-refractivity contribution in [3.63, 3.8) is 0 Å². The van der Waals surface area contributed by atoms with Gasteiger partial charge >= 0.3 is 0 Å². The highest BCUT2D eigenvalue weighted by atomic mass is 16.5. The van der Waals surface area contributed by atoms with Gasteiger partial charge in [0.2, 0.25) is 5.91 Å². The van der Waals surface area contributed by atoms with Gasteiger partial charge in [0.1, 0.15) is 12.1 Å². The Morgan fingerprint density at radius 3 is 2.74 bits per heavy atom. The summed E-state index contributed by atoms with van der Waals surface area (Å²) < 4.78 is 16.9. The third-order valence-electron chi connectivity index (χ3n) is 6.23. The maximum Gasteiger partial charge on any atom is 0.240 e. The van der Waals surface area contributed by atoms with Crippen molar-refractivity contribution < 1.29 is 19.0 Å². The van der Waals surface area contributed by atoms with Crippen molar-refractivity contribution in [1.29, 1.82) is 0 Å². The largest absolute Gasteiger partial charge is 0.493 e. The smallest absolute Gasteiger partial charge is 0.240 e. The second-order valence-electron chi connectivity index (χ2n) is 7.83. The van der Waals surface area contributed by atoms with E-state index >= 15 is 0 Å². The van der Waals surface area contributed by atoms with Gasteiger partial charge in [-0.1, -0.05) is 31.4 Å². The number of rotatable bonds is 4. The van der Waals surface area contributed by atoms with Crippen molar-refractivity contribution in [3.8, 4) is 11.5 Å². The van der Waals surface area contributed by atoms with Gasteiger partial charge < -0.3 is 19.5 Å². The number of benzene rings is 1. The van der Waals surface area contributed by atoms with Crippen molar-refractivity contribution in [2.75, 3.05) is 40.0 Å². The summed E-state index contributed by atoms with van der Waals surface area (Å²) in [5.74, 6) is 1.74. The molecule has 1 aliphatic carbocycles. The summed E-state index contributed by atoms with van der Waals surface area (Å²) in [5.41, 5.74) is 0.714. The molecule has 1 unspecified atom stereocenters. The summed E-state index contributed by atoms with van der Waals surface area (Å²) in [7, 11) is 1.65. The van der Waals surface area contributed by atoms with Crippen LogP contribution in [0.3, 0.4) is 0 Å². The fourth-order valence-electron chi connectivity index (χ4n) is 4.78. The minimum atomic E-state index is -0.378. The molecule has 6 heteroatoms. The van der Waals surface area contributed by atoms with Crippen LogP contribution >= 0.6 is 0 Å². The van der Waals surface area contributed by atoms with E-state index in [1.54, 1.807) is 7.11 Å². The molecule has 1 saturated carbocycles. The fraction of sp³-hybridized carbons (Fsp3) is 0.667. The monoisotopic (exact) mass is 374 g/mol. The minimum Gasteiger partial charge on any atom is -0.493 e. The van der Waals surface area contributed by atoms with Crippen molar-refractivity contribution >= 4 is 5.91 Å². The van der Waals surface area contributed by atoms with Gasteiger partial charge in [0.25, 0.3) is 0 Å². The Morgan fingerprint density at radius 1 is 1.22 bits per heavy atom. The lowest BCUT2D eigenvalue weighted by Gasteiger charge is -2.47. The standard InChI is InChI=1S/C21H30N2O4/c1-25-18-7-5-6-16-14-17(15-27-19(16)18)22-20(24)21(8-3-2-4-9-21)23-10-12-26-13-11-23/h5-7,17H,2-4,8-15H2,1H3,(H,22,24). The van der Waals surface area contributed by atoms with Gasteiger partial charge in [0, 0.05) is 18.7 Å². The Morgan fingerprint density at radius 2 is 2.00 bits per heavy atom. The van der Waals surface area contributed by atoms with E-state index in [-0.39, 0.29) is 17.5 Å². The molecule has 1 atom stereocenters. The van der Waals surface area contributed by atoms with Crippen LogP contribution in [0, 0.1) is 0 Å². The molecule has 0 radical (unpaired) electrons. The minimum absolute atomic E-state index is 0.00283. The third kappa shape index (κ3) is 3.65. The van der Waals surface area contributed by atoms with E-state index in [1.807, 2.05) is 12.1 Å². The first kappa shape index (κ1) is 18.6. The Hall–Kier alpha value is -1.79. The first-order valence-electron chi connectivity index (χ1n) is 10.2. The summed E-state index contributed by atoms with van der Waals surface area (Å²) in [6.07, 6.45) is 6.11. The Balaban J connectivity index is 1.48. The molecule has 1 N–H and O–H groups in total. The number of morpholine rings is 1. The Labute approximate surface area is 161 Å². The van der Waals surface area contributed by atoms with Crippen LogP contribution < -0.4 is 14.8 Å². The number of nitrogens with one attached hydrogen (secondary N) is 1. The molecule has 1 amide bonds. The first-order valence-corrected chi connectivity index (χ1v) is 10.2. The number of carbonyl (C=O) groups is 1. The van der Waals surface area contributed by atoms with Crippen LogP contribution in [0.15, 0.2) is 18.2 Å². The van der Waals surface area contributed by atoms with Gasteiger partial charge in [0.15, 0.2) is 11.5 Å². The predicted molar refractivity (Wildman–Crippen MR) is 102 cm³/mol. The van der Waals surface area contributed by atoms with Gasteiger partial charge in [0.05, 0.1) is 26.4 Å². The molecule has 148 valence electrons. The molecule has 2 aliphatic heterocycles. The molecule has 2 heterocycles. The van der Waals surface area contributed by atoms with E-state index in [9.17, 15) is 4.79 Å². The highest BCUT2D eigenvalue weighted by Gasteiger charge is 2.45. The van der Waals surface area contributed by atoms with Crippen LogP contribution in [0.2, 0.25) is 0 Å². The molecule has 0 bridgehead atoms. The molecular weight excluding hydrogens is 344 g/mol. The summed E-state index contributed by atoms with van der Waals surface area (Å²) >= 11 is 0. The van der Waals surface area contributed by atoms with Gasteiger partial charge in [-0.25, -0.2) is 0 Å². The van der Waals surface area contributed by atoms with Crippen LogP contribution in [0.4, 0.5) is 0 Å². The van der Waals surface area contributed by atoms with E-state index < -0.39 is 0 Å². The number of para-hydroxylation sites is 1. The van der Waals surface area contributed by atoms with Gasteiger partial charge in [-0.3, -0.25) is 9.69 Å². The second-order valence-corrected chi connectivity index (χ2v) is 7.83. The van der Waals surface area contributed by atoms with Crippen molar-refractivity contribution in [2.45, 2.75) is 50.1 Å². The summed E-state index contributed by atoms with van der Waals surface area (Å²) in [5, 5.41) is 3.32. The lowest BCUT2D eigenvalue weighted by molar-refractivity contribution is -0.141. The fourth-order valence-corrected chi connectivity index (χ4v) is 4.78. The molecule has 1 aromatic rings. The third-order valence-corrected chi connectivity index (χ3v) is 6.23. The average Bonchev–Trinajstić information content (AvgIpc) is 2.74. The molecule has 3 aliphatic rings. The molecule has 6 nitrogen and oxygen atoms in total. The number of amides is 1. The highest BCUT2D eigenvalue weighted by Crippen LogP contribution is 2.37. The van der Waals surface area contributed by atoms with Crippen molar-refractivity contribution in [1.82, 2.24) is 10.2 Å². The van der Waals surface area contributed by atoms with E-state index in [2.05, 4.69) is 16.3 Å². The molecular formula is C21H30N2O4. The molecule has 2 fully saturated rings. The van der Waals surface area contributed by atoms with Crippen LogP contribution in [0.5, 0.6) is 11.5 Å². The maximum absolute atomic E-state index is 13.4. The summed E-state index contributed by atoms with van der Waals surface area (Å²) in [6, 6.07) is 5.93.